The normalized spacial score (nSPS) is 15.4. The van der Waals surface area contributed by atoms with Gasteiger partial charge in [0, 0.05) is 37.8 Å². The molecule has 4 rings (SSSR count). The summed E-state index contributed by atoms with van der Waals surface area (Å²) in [6.45, 7) is 3.21. The highest BCUT2D eigenvalue weighted by Gasteiger charge is 2.27. The van der Waals surface area contributed by atoms with Gasteiger partial charge < -0.3 is 10.2 Å². The number of nitrogens with zero attached hydrogens (tertiary/aromatic N) is 2. The predicted octanol–water partition coefficient (Wildman–Crippen LogP) is 2.48. The number of hydrogen-bond donors (Lipinski definition) is 1. The highest BCUT2D eigenvalue weighted by molar-refractivity contribution is 7.91. The number of anilines is 1. The standard InChI is InChI=1S/C19H19N3O2S/c23-25(24,15-6-2-1-3-7-15)18-14-21-17-9-5-4-8-16(17)19(18)22-12-10-20-11-13-22/h1-9,14,20H,10-13H2. The summed E-state index contributed by atoms with van der Waals surface area (Å²) in [5.41, 5.74) is 1.57. The fraction of sp³-hybridized carbons (Fsp3) is 0.211. The zero-order chi connectivity index (χ0) is 17.3. The van der Waals surface area contributed by atoms with E-state index in [0.29, 0.717) is 4.90 Å². The Balaban J connectivity index is 1.97. The van der Waals surface area contributed by atoms with Gasteiger partial charge in [0.1, 0.15) is 4.90 Å². The van der Waals surface area contributed by atoms with Crippen LogP contribution in [0.25, 0.3) is 10.9 Å². The minimum atomic E-state index is -3.64. The fourth-order valence-electron chi connectivity index (χ4n) is 3.25. The van der Waals surface area contributed by atoms with E-state index >= 15 is 0 Å². The first kappa shape index (κ1) is 16.1. The first-order valence-corrected chi connectivity index (χ1v) is 9.80. The SMILES string of the molecule is O=S(=O)(c1ccccc1)c1cnc2ccccc2c1N1CCNCC1. The number of hydrogen-bond acceptors (Lipinski definition) is 5. The molecular formula is C19H19N3O2S. The molecule has 0 aliphatic carbocycles. The van der Waals surface area contributed by atoms with Crippen molar-refractivity contribution in [3.63, 3.8) is 0 Å². The minimum Gasteiger partial charge on any atom is -0.367 e. The lowest BCUT2D eigenvalue weighted by molar-refractivity contribution is 0.580. The quantitative estimate of drug-likeness (QED) is 0.784. The molecule has 2 heterocycles. The van der Waals surface area contributed by atoms with Crippen LogP contribution in [0.3, 0.4) is 0 Å². The average molecular weight is 353 g/mol. The molecule has 1 N–H and O–H groups in total. The molecule has 0 spiro atoms. The van der Waals surface area contributed by atoms with E-state index < -0.39 is 9.84 Å². The molecule has 0 unspecified atom stereocenters. The van der Waals surface area contributed by atoms with Crippen LogP contribution in [-0.4, -0.2) is 39.6 Å². The van der Waals surface area contributed by atoms with E-state index in [1.165, 1.54) is 6.20 Å². The Bertz CT molecular complexity index is 998. The number of para-hydroxylation sites is 1. The Morgan fingerprint density at radius 3 is 2.36 bits per heavy atom. The third-order valence-corrected chi connectivity index (χ3v) is 6.26. The van der Waals surface area contributed by atoms with Crippen LogP contribution in [0.4, 0.5) is 5.69 Å². The number of sulfone groups is 1. The second-order valence-corrected chi connectivity index (χ2v) is 7.96. The van der Waals surface area contributed by atoms with Crippen LogP contribution < -0.4 is 10.2 Å². The van der Waals surface area contributed by atoms with Gasteiger partial charge in [-0.05, 0) is 18.2 Å². The smallest absolute Gasteiger partial charge is 0.210 e. The van der Waals surface area contributed by atoms with Gasteiger partial charge >= 0.3 is 0 Å². The number of piperazine rings is 1. The van der Waals surface area contributed by atoms with Gasteiger partial charge in [-0.25, -0.2) is 8.42 Å². The topological polar surface area (TPSA) is 62.3 Å². The Labute approximate surface area is 147 Å². The maximum absolute atomic E-state index is 13.3. The van der Waals surface area contributed by atoms with Gasteiger partial charge in [-0.3, -0.25) is 4.98 Å². The monoisotopic (exact) mass is 353 g/mol. The van der Waals surface area contributed by atoms with Gasteiger partial charge in [0.15, 0.2) is 0 Å². The maximum atomic E-state index is 13.3. The Hall–Kier alpha value is -2.44. The van der Waals surface area contributed by atoms with Crippen LogP contribution in [0.1, 0.15) is 0 Å². The van der Waals surface area contributed by atoms with Gasteiger partial charge in [-0.2, -0.15) is 0 Å². The molecule has 0 saturated carbocycles. The fourth-order valence-corrected chi connectivity index (χ4v) is 4.70. The summed E-state index contributed by atoms with van der Waals surface area (Å²) in [7, 11) is -3.64. The largest absolute Gasteiger partial charge is 0.367 e. The van der Waals surface area contributed by atoms with Crippen molar-refractivity contribution in [1.29, 1.82) is 0 Å². The molecule has 1 aromatic heterocycles. The molecule has 0 amide bonds. The zero-order valence-corrected chi connectivity index (χ0v) is 14.5. The number of nitrogens with one attached hydrogen (secondary N) is 1. The van der Waals surface area contributed by atoms with E-state index in [-0.39, 0.29) is 4.90 Å². The lowest BCUT2D eigenvalue weighted by atomic mass is 10.1. The number of pyridine rings is 1. The molecule has 1 aliphatic heterocycles. The lowest BCUT2D eigenvalue weighted by Gasteiger charge is -2.31. The van der Waals surface area contributed by atoms with Gasteiger partial charge in [-0.15, -0.1) is 0 Å². The van der Waals surface area contributed by atoms with Crippen molar-refractivity contribution in [2.45, 2.75) is 9.79 Å². The molecule has 0 radical (unpaired) electrons. The molecule has 1 aliphatic rings. The zero-order valence-electron chi connectivity index (χ0n) is 13.7. The van der Waals surface area contributed by atoms with E-state index in [2.05, 4.69) is 15.2 Å². The number of aromatic nitrogens is 1. The maximum Gasteiger partial charge on any atom is 0.210 e. The Kier molecular flexibility index (Phi) is 4.15. The van der Waals surface area contributed by atoms with Crippen molar-refractivity contribution in [3.05, 3.63) is 60.8 Å². The average Bonchev–Trinajstić information content (AvgIpc) is 2.68. The van der Waals surface area contributed by atoms with Gasteiger partial charge in [0.05, 0.1) is 16.1 Å². The van der Waals surface area contributed by atoms with E-state index in [1.54, 1.807) is 24.3 Å². The molecule has 0 bridgehead atoms. The van der Waals surface area contributed by atoms with Gasteiger partial charge in [0.25, 0.3) is 0 Å². The second-order valence-electron chi connectivity index (χ2n) is 6.04. The third kappa shape index (κ3) is 2.88. The molecule has 1 saturated heterocycles. The molecule has 5 nitrogen and oxygen atoms in total. The summed E-state index contributed by atoms with van der Waals surface area (Å²) in [5, 5.41) is 4.19. The van der Waals surface area contributed by atoms with Crippen LogP contribution in [0.5, 0.6) is 0 Å². The third-order valence-electron chi connectivity index (χ3n) is 4.49. The van der Waals surface area contributed by atoms with Crippen LogP contribution in [0.15, 0.2) is 70.6 Å². The summed E-state index contributed by atoms with van der Waals surface area (Å²) in [6, 6.07) is 16.3. The van der Waals surface area contributed by atoms with Crippen LogP contribution in [0.2, 0.25) is 0 Å². The van der Waals surface area contributed by atoms with E-state index in [0.717, 1.165) is 42.8 Å². The number of rotatable bonds is 3. The summed E-state index contributed by atoms with van der Waals surface area (Å²) < 4.78 is 26.5. The van der Waals surface area contributed by atoms with Crippen molar-refractivity contribution < 1.29 is 8.42 Å². The Morgan fingerprint density at radius 1 is 0.920 bits per heavy atom. The molecular weight excluding hydrogens is 334 g/mol. The molecule has 0 atom stereocenters. The summed E-state index contributed by atoms with van der Waals surface area (Å²) in [4.78, 5) is 7.13. The van der Waals surface area contributed by atoms with E-state index in [4.69, 9.17) is 0 Å². The van der Waals surface area contributed by atoms with Crippen molar-refractivity contribution >= 4 is 26.4 Å². The van der Waals surface area contributed by atoms with Crippen molar-refractivity contribution in [1.82, 2.24) is 10.3 Å². The van der Waals surface area contributed by atoms with Crippen LogP contribution in [0, 0.1) is 0 Å². The molecule has 1 fully saturated rings. The molecule has 128 valence electrons. The van der Waals surface area contributed by atoms with Crippen LogP contribution >= 0.6 is 0 Å². The van der Waals surface area contributed by atoms with Gasteiger partial charge in [-0.1, -0.05) is 36.4 Å². The lowest BCUT2D eigenvalue weighted by Crippen LogP contribution is -2.44. The molecule has 2 aromatic carbocycles. The molecule has 6 heteroatoms. The summed E-state index contributed by atoms with van der Waals surface area (Å²) >= 11 is 0. The summed E-state index contributed by atoms with van der Waals surface area (Å²) in [6.07, 6.45) is 1.50. The number of fused-ring (bicyclic) bond motifs is 1. The van der Waals surface area contributed by atoms with E-state index in [1.807, 2.05) is 30.3 Å². The summed E-state index contributed by atoms with van der Waals surface area (Å²) in [5.74, 6) is 0. The predicted molar refractivity (Wildman–Crippen MR) is 98.7 cm³/mol. The molecule has 25 heavy (non-hydrogen) atoms. The first-order valence-electron chi connectivity index (χ1n) is 8.31. The highest BCUT2D eigenvalue weighted by Crippen LogP contribution is 2.35. The molecule has 3 aromatic rings. The van der Waals surface area contributed by atoms with Crippen molar-refractivity contribution in [3.8, 4) is 0 Å². The number of benzene rings is 2. The highest BCUT2D eigenvalue weighted by atomic mass is 32.2. The van der Waals surface area contributed by atoms with Crippen molar-refractivity contribution in [2.75, 3.05) is 31.1 Å². The first-order chi connectivity index (χ1) is 12.2. The van der Waals surface area contributed by atoms with Gasteiger partial charge in [0.2, 0.25) is 9.84 Å². The van der Waals surface area contributed by atoms with E-state index in [9.17, 15) is 8.42 Å². The second kappa shape index (κ2) is 6.46. The minimum absolute atomic E-state index is 0.277. The van der Waals surface area contributed by atoms with Crippen molar-refractivity contribution in [2.24, 2.45) is 0 Å². The Morgan fingerprint density at radius 2 is 1.60 bits per heavy atom. The van der Waals surface area contributed by atoms with Crippen LogP contribution in [-0.2, 0) is 9.84 Å².